The monoisotopic (exact) mass is 354 g/mol. The van der Waals surface area contributed by atoms with E-state index in [4.69, 9.17) is 27.6 Å². The third-order valence-electron chi connectivity index (χ3n) is 3.15. The summed E-state index contributed by atoms with van der Waals surface area (Å²) in [6, 6.07) is 8.73. The zero-order chi connectivity index (χ0) is 15.5. The first-order valence-corrected chi connectivity index (χ1v) is 8.36. The molecule has 2 heterocycles. The summed E-state index contributed by atoms with van der Waals surface area (Å²) < 4.78 is 5.16. The van der Waals surface area contributed by atoms with Crippen LogP contribution in [0.3, 0.4) is 0 Å². The molecule has 3 rings (SSSR count). The van der Waals surface area contributed by atoms with Crippen LogP contribution < -0.4 is 0 Å². The first kappa shape index (κ1) is 15.5. The van der Waals surface area contributed by atoms with Gasteiger partial charge in [0.1, 0.15) is 0 Å². The highest BCUT2D eigenvalue weighted by Crippen LogP contribution is 2.27. The molecule has 0 radical (unpaired) electrons. The topological polar surface area (TPSA) is 45.8 Å². The van der Waals surface area contributed by atoms with Gasteiger partial charge in [0.05, 0.1) is 12.8 Å². The Kier molecular flexibility index (Phi) is 4.76. The lowest BCUT2D eigenvalue weighted by molar-refractivity contribution is 0.0830. The van der Waals surface area contributed by atoms with Crippen LogP contribution in [0.4, 0.5) is 0 Å². The number of carbonyl (C=O) groups excluding carboxylic acids is 1. The summed E-state index contributed by atoms with van der Waals surface area (Å²) in [6.45, 7) is 1.17. The van der Waals surface area contributed by atoms with Gasteiger partial charge in [-0.25, -0.2) is 0 Å². The van der Waals surface area contributed by atoms with E-state index < -0.39 is 0 Å². The average Bonchev–Trinajstić information content (AvgIpc) is 3.17. The zero-order valence-electron chi connectivity index (χ0n) is 11.5. The number of halogens is 2. The van der Waals surface area contributed by atoms with Crippen LogP contribution in [-0.4, -0.2) is 29.1 Å². The van der Waals surface area contributed by atoms with Crippen LogP contribution in [-0.2, 0) is 5.75 Å². The van der Waals surface area contributed by atoms with Crippen molar-refractivity contribution in [2.24, 2.45) is 4.99 Å². The molecular weight excluding hydrogens is 343 g/mol. The van der Waals surface area contributed by atoms with E-state index >= 15 is 0 Å². The lowest BCUT2D eigenvalue weighted by atomic mass is 10.2. The maximum atomic E-state index is 12.3. The normalized spacial score (nSPS) is 14.3. The van der Waals surface area contributed by atoms with Crippen LogP contribution in [0.1, 0.15) is 16.1 Å². The smallest absolute Gasteiger partial charge is 0.295 e. The number of amides is 1. The van der Waals surface area contributed by atoms with Crippen molar-refractivity contribution in [3.63, 3.8) is 0 Å². The standard InChI is InChI=1S/C15H12Cl2N2O2S/c16-11-4-3-10(12(17)8-11)9-22-15-18-5-6-19(15)14(20)13-2-1-7-21-13/h1-4,7-8H,5-6,9H2. The number of furan rings is 1. The van der Waals surface area contributed by atoms with E-state index in [0.717, 1.165) is 5.56 Å². The molecule has 2 aromatic rings. The summed E-state index contributed by atoms with van der Waals surface area (Å²) >= 11 is 13.5. The molecule has 1 aromatic heterocycles. The predicted octanol–water partition coefficient (Wildman–Crippen LogP) is 4.33. The Morgan fingerprint density at radius 3 is 2.95 bits per heavy atom. The summed E-state index contributed by atoms with van der Waals surface area (Å²) in [5, 5.41) is 1.90. The number of amidine groups is 1. The van der Waals surface area contributed by atoms with Crippen LogP contribution in [0, 0.1) is 0 Å². The molecule has 0 aliphatic carbocycles. The van der Waals surface area contributed by atoms with Gasteiger partial charge in [0.25, 0.3) is 5.91 Å². The minimum atomic E-state index is -0.170. The van der Waals surface area contributed by atoms with Gasteiger partial charge in [-0.3, -0.25) is 14.7 Å². The molecule has 1 amide bonds. The highest BCUT2D eigenvalue weighted by molar-refractivity contribution is 8.13. The van der Waals surface area contributed by atoms with Gasteiger partial charge in [0.15, 0.2) is 10.9 Å². The number of hydrogen-bond acceptors (Lipinski definition) is 4. The molecule has 0 spiro atoms. The zero-order valence-corrected chi connectivity index (χ0v) is 13.8. The maximum absolute atomic E-state index is 12.3. The van der Waals surface area contributed by atoms with Crippen LogP contribution in [0.25, 0.3) is 0 Å². The predicted molar refractivity (Wildman–Crippen MR) is 89.8 cm³/mol. The van der Waals surface area contributed by atoms with Crippen molar-refractivity contribution in [3.05, 3.63) is 58.0 Å². The number of aliphatic imine (C=N–C) groups is 1. The molecule has 0 saturated heterocycles. The molecule has 7 heteroatoms. The fraction of sp³-hybridized carbons (Fsp3) is 0.200. The summed E-state index contributed by atoms with van der Waals surface area (Å²) in [7, 11) is 0. The van der Waals surface area contributed by atoms with Gasteiger partial charge >= 0.3 is 0 Å². The number of carbonyl (C=O) groups is 1. The first-order valence-electron chi connectivity index (χ1n) is 6.61. The minimum absolute atomic E-state index is 0.170. The molecule has 1 aromatic carbocycles. The van der Waals surface area contributed by atoms with Crippen molar-refractivity contribution < 1.29 is 9.21 Å². The van der Waals surface area contributed by atoms with E-state index in [1.54, 1.807) is 29.2 Å². The van der Waals surface area contributed by atoms with E-state index in [1.165, 1.54) is 18.0 Å². The van der Waals surface area contributed by atoms with Crippen molar-refractivity contribution in [3.8, 4) is 0 Å². The summed E-state index contributed by atoms with van der Waals surface area (Å²) in [5.74, 6) is 0.771. The number of thioether (sulfide) groups is 1. The SMILES string of the molecule is O=C(c1ccco1)N1CCN=C1SCc1ccc(Cl)cc1Cl. The van der Waals surface area contributed by atoms with Gasteiger partial charge in [-0.2, -0.15) is 0 Å². The van der Waals surface area contributed by atoms with Crippen LogP contribution in [0.5, 0.6) is 0 Å². The third-order valence-corrected chi connectivity index (χ3v) is 4.80. The second kappa shape index (κ2) is 6.77. The second-order valence-corrected chi connectivity index (χ2v) is 6.41. The third kappa shape index (κ3) is 3.32. The Balaban J connectivity index is 1.68. The van der Waals surface area contributed by atoms with E-state index in [2.05, 4.69) is 4.99 Å². The Bertz CT molecular complexity index is 716. The van der Waals surface area contributed by atoms with Gasteiger partial charge in [-0.05, 0) is 29.8 Å². The molecular formula is C15H12Cl2N2O2S. The second-order valence-electron chi connectivity index (χ2n) is 4.62. The Labute approximate surface area is 142 Å². The maximum Gasteiger partial charge on any atom is 0.295 e. The van der Waals surface area contributed by atoms with Crippen molar-refractivity contribution in [1.29, 1.82) is 0 Å². The molecule has 4 nitrogen and oxygen atoms in total. The molecule has 0 bridgehead atoms. The number of rotatable bonds is 3. The fourth-order valence-corrected chi connectivity index (χ4v) is 3.66. The molecule has 114 valence electrons. The van der Waals surface area contributed by atoms with Gasteiger partial charge in [0.2, 0.25) is 0 Å². The Hall–Kier alpha value is -1.43. The van der Waals surface area contributed by atoms with E-state index in [-0.39, 0.29) is 5.91 Å². The average molecular weight is 355 g/mol. The molecule has 0 unspecified atom stereocenters. The number of nitrogens with zero attached hydrogens (tertiary/aromatic N) is 2. The van der Waals surface area contributed by atoms with Gasteiger partial charge in [-0.15, -0.1) is 0 Å². The number of benzene rings is 1. The first-order chi connectivity index (χ1) is 10.6. The summed E-state index contributed by atoms with van der Waals surface area (Å²) in [6.07, 6.45) is 1.49. The van der Waals surface area contributed by atoms with Gasteiger partial charge < -0.3 is 4.42 Å². The molecule has 0 fully saturated rings. The van der Waals surface area contributed by atoms with Crippen LogP contribution in [0.2, 0.25) is 10.0 Å². The highest BCUT2D eigenvalue weighted by atomic mass is 35.5. The quantitative estimate of drug-likeness (QED) is 0.823. The summed E-state index contributed by atoms with van der Waals surface area (Å²) in [5.41, 5.74) is 0.955. The van der Waals surface area contributed by atoms with Crippen molar-refractivity contribution in [1.82, 2.24) is 4.90 Å². The molecule has 0 N–H and O–H groups in total. The minimum Gasteiger partial charge on any atom is -0.459 e. The van der Waals surface area contributed by atoms with E-state index in [9.17, 15) is 4.79 Å². The molecule has 1 aliphatic rings. The molecule has 22 heavy (non-hydrogen) atoms. The summed E-state index contributed by atoms with van der Waals surface area (Å²) in [4.78, 5) is 18.4. The lowest BCUT2D eigenvalue weighted by Gasteiger charge is -2.16. The Morgan fingerprint density at radius 2 is 2.23 bits per heavy atom. The molecule has 0 saturated carbocycles. The van der Waals surface area contributed by atoms with Crippen molar-refractivity contribution in [2.75, 3.05) is 13.1 Å². The van der Waals surface area contributed by atoms with E-state index in [1.807, 2.05) is 6.07 Å². The number of hydrogen-bond donors (Lipinski definition) is 0. The fourth-order valence-electron chi connectivity index (χ4n) is 2.05. The van der Waals surface area contributed by atoms with E-state index in [0.29, 0.717) is 39.8 Å². The van der Waals surface area contributed by atoms with Gasteiger partial charge in [0, 0.05) is 22.3 Å². The van der Waals surface area contributed by atoms with Crippen LogP contribution >= 0.6 is 35.0 Å². The van der Waals surface area contributed by atoms with Crippen LogP contribution in [0.15, 0.2) is 46.0 Å². The van der Waals surface area contributed by atoms with Crippen molar-refractivity contribution >= 4 is 46.0 Å². The largest absolute Gasteiger partial charge is 0.459 e. The Morgan fingerprint density at radius 1 is 1.36 bits per heavy atom. The van der Waals surface area contributed by atoms with Gasteiger partial charge in [-0.1, -0.05) is 41.0 Å². The van der Waals surface area contributed by atoms with Crippen molar-refractivity contribution in [2.45, 2.75) is 5.75 Å². The molecule has 1 aliphatic heterocycles. The highest BCUT2D eigenvalue weighted by Gasteiger charge is 2.26. The molecule has 0 atom stereocenters. The lowest BCUT2D eigenvalue weighted by Crippen LogP contribution is -2.32.